The fraction of sp³-hybridized carbons (Fsp3) is 0.120. The highest BCUT2D eigenvalue weighted by atomic mass is 79.9. The summed E-state index contributed by atoms with van der Waals surface area (Å²) in [6.07, 6.45) is 1.33. The third-order valence-electron chi connectivity index (χ3n) is 4.81. The molecule has 0 aromatic heterocycles. The van der Waals surface area contributed by atoms with Gasteiger partial charge < -0.3 is 14.2 Å². The average Bonchev–Trinajstić information content (AvgIpc) is 2.84. The van der Waals surface area contributed by atoms with Gasteiger partial charge in [-0.1, -0.05) is 12.1 Å². The van der Waals surface area contributed by atoms with Crippen LogP contribution in [0.5, 0.6) is 11.5 Å². The second-order valence-corrected chi connectivity index (χ2v) is 9.95. The second-order valence-electron chi connectivity index (χ2n) is 7.54. The van der Waals surface area contributed by atoms with Crippen molar-refractivity contribution >= 4 is 49.4 Å². The van der Waals surface area contributed by atoms with Crippen LogP contribution < -0.4 is 14.2 Å². The summed E-state index contributed by atoms with van der Waals surface area (Å²) >= 11 is 3.26. The molecule has 3 aromatic rings. The molecule has 0 unspecified atom stereocenters. The summed E-state index contributed by atoms with van der Waals surface area (Å²) in [6, 6.07) is 16.1. The Morgan fingerprint density at radius 2 is 1.89 bits per heavy atom. The molecule has 0 saturated heterocycles. The minimum atomic E-state index is -4.38. The predicted octanol–water partition coefficient (Wildman–Crippen LogP) is 5.38. The van der Waals surface area contributed by atoms with Crippen molar-refractivity contribution in [3.63, 3.8) is 0 Å². The molecule has 1 amide bonds. The largest absolute Gasteiger partial charge is 0.490 e. The highest BCUT2D eigenvalue weighted by Crippen LogP contribution is 2.39. The van der Waals surface area contributed by atoms with Crippen LogP contribution in [0, 0.1) is 28.4 Å². The number of carbonyl (C=O) groups is 1. The van der Waals surface area contributed by atoms with E-state index in [2.05, 4.69) is 21.2 Å². The number of nitro groups is 1. The Hall–Kier alpha value is -4.21. The molecule has 190 valence electrons. The number of anilines is 1. The number of hydrogen-bond acceptors (Lipinski definition) is 8. The Morgan fingerprint density at radius 3 is 2.49 bits per heavy atom. The number of nitrogens with zero attached hydrogens (tertiary/aromatic N) is 2. The molecule has 3 aromatic carbocycles. The van der Waals surface area contributed by atoms with Gasteiger partial charge in [0.1, 0.15) is 16.5 Å². The van der Waals surface area contributed by atoms with Gasteiger partial charge in [-0.15, -0.1) is 0 Å². The van der Waals surface area contributed by atoms with E-state index < -0.39 is 20.9 Å². The van der Waals surface area contributed by atoms with E-state index in [1.54, 1.807) is 25.1 Å². The van der Waals surface area contributed by atoms with Crippen LogP contribution in [0.1, 0.15) is 18.1 Å². The van der Waals surface area contributed by atoms with E-state index >= 15 is 0 Å². The zero-order chi connectivity index (χ0) is 27.2. The molecular formula is C25H20BrN3O7S. The van der Waals surface area contributed by atoms with Crippen LogP contribution in [0.4, 0.5) is 11.4 Å². The van der Waals surface area contributed by atoms with Crippen molar-refractivity contribution in [3.05, 3.63) is 92.0 Å². The van der Waals surface area contributed by atoms with Crippen molar-refractivity contribution < 1.29 is 27.1 Å². The maximum Gasteiger partial charge on any atom is 0.339 e. The summed E-state index contributed by atoms with van der Waals surface area (Å²) in [5, 5.41) is 23.1. The molecule has 37 heavy (non-hydrogen) atoms. The quantitative estimate of drug-likeness (QED) is 0.116. The lowest BCUT2D eigenvalue weighted by molar-refractivity contribution is -0.384. The summed E-state index contributed by atoms with van der Waals surface area (Å²) < 4.78 is 36.6. The molecule has 0 fully saturated rings. The molecule has 0 heterocycles. The lowest BCUT2D eigenvalue weighted by Gasteiger charge is -2.14. The first kappa shape index (κ1) is 27.4. The molecule has 0 radical (unpaired) electrons. The van der Waals surface area contributed by atoms with Crippen molar-refractivity contribution in [2.24, 2.45) is 0 Å². The number of amides is 1. The average molecular weight is 586 g/mol. The molecule has 10 nitrogen and oxygen atoms in total. The van der Waals surface area contributed by atoms with Gasteiger partial charge in [-0.25, -0.2) is 0 Å². The number of aryl methyl sites for hydroxylation is 1. The normalized spacial score (nSPS) is 11.4. The van der Waals surface area contributed by atoms with Crippen molar-refractivity contribution in [3.8, 4) is 17.6 Å². The number of nitriles is 1. The Labute approximate surface area is 221 Å². The fourth-order valence-corrected chi connectivity index (χ4v) is 4.75. The molecule has 0 spiro atoms. The first-order valence-electron chi connectivity index (χ1n) is 10.7. The summed E-state index contributed by atoms with van der Waals surface area (Å²) in [5.74, 6) is -0.756. The lowest BCUT2D eigenvalue weighted by atomic mass is 10.1. The van der Waals surface area contributed by atoms with Gasteiger partial charge >= 0.3 is 10.1 Å². The summed E-state index contributed by atoms with van der Waals surface area (Å²) in [4.78, 5) is 22.5. The smallest absolute Gasteiger partial charge is 0.339 e. The van der Waals surface area contributed by atoms with Gasteiger partial charge in [-0.2, -0.15) is 13.7 Å². The van der Waals surface area contributed by atoms with E-state index in [9.17, 15) is 28.6 Å². The third kappa shape index (κ3) is 6.93. The van der Waals surface area contributed by atoms with Crippen LogP contribution in [-0.4, -0.2) is 25.9 Å². The highest BCUT2D eigenvalue weighted by molar-refractivity contribution is 9.10. The van der Waals surface area contributed by atoms with Gasteiger partial charge in [0, 0.05) is 17.8 Å². The maximum absolute atomic E-state index is 12.8. The van der Waals surface area contributed by atoms with E-state index in [4.69, 9.17) is 8.92 Å². The zero-order valence-electron chi connectivity index (χ0n) is 19.6. The molecule has 3 rings (SSSR count). The van der Waals surface area contributed by atoms with E-state index in [0.717, 1.165) is 29.8 Å². The van der Waals surface area contributed by atoms with Gasteiger partial charge in [0.05, 0.1) is 16.0 Å². The Kier molecular flexibility index (Phi) is 8.65. The van der Waals surface area contributed by atoms with Crippen molar-refractivity contribution in [2.75, 3.05) is 11.9 Å². The molecule has 0 aliphatic rings. The number of rotatable bonds is 9. The SMILES string of the molecule is CCOc1cc(/C=C(\C#N)C(=O)Nc2cccc(C)c2)cc(Br)c1OS(=O)(=O)c1ccc([N+](=O)[O-])cc1. The minimum Gasteiger partial charge on any atom is -0.490 e. The number of benzene rings is 3. The van der Waals surface area contributed by atoms with Crippen molar-refractivity contribution in [2.45, 2.75) is 18.7 Å². The standard InChI is InChI=1S/C25H20BrN3O7S/c1-3-35-23-14-17(12-18(15-27)25(30)28-19-6-4-5-16(2)11-19)13-22(26)24(23)36-37(33,34)21-9-7-20(8-10-21)29(31)32/h4-14H,3H2,1-2H3,(H,28,30)/b18-12+. The molecule has 0 aliphatic carbocycles. The van der Waals surface area contributed by atoms with Crippen molar-refractivity contribution in [1.82, 2.24) is 0 Å². The van der Waals surface area contributed by atoms with Gasteiger partial charge in [0.15, 0.2) is 11.5 Å². The van der Waals surface area contributed by atoms with E-state index in [0.29, 0.717) is 11.3 Å². The van der Waals surface area contributed by atoms with Crippen LogP contribution in [0.25, 0.3) is 6.08 Å². The van der Waals surface area contributed by atoms with Gasteiger partial charge in [0.2, 0.25) is 0 Å². The Morgan fingerprint density at radius 1 is 1.19 bits per heavy atom. The number of ether oxygens (including phenoxy) is 1. The Balaban J connectivity index is 1.93. The fourth-order valence-electron chi connectivity index (χ4n) is 3.14. The van der Waals surface area contributed by atoms with E-state index in [1.807, 2.05) is 19.1 Å². The number of nitro benzene ring substituents is 1. The van der Waals surface area contributed by atoms with Crippen LogP contribution in [0.2, 0.25) is 0 Å². The number of nitrogens with one attached hydrogen (secondary N) is 1. The van der Waals surface area contributed by atoms with Crippen LogP contribution in [0.3, 0.4) is 0 Å². The van der Waals surface area contributed by atoms with Gasteiger partial charge in [0.25, 0.3) is 11.6 Å². The van der Waals surface area contributed by atoms with E-state index in [1.165, 1.54) is 18.2 Å². The minimum absolute atomic E-state index is 0.0324. The Bertz CT molecular complexity index is 1530. The van der Waals surface area contributed by atoms with Gasteiger partial charge in [-0.05, 0) is 83.4 Å². The van der Waals surface area contributed by atoms with Crippen LogP contribution in [-0.2, 0) is 14.9 Å². The third-order valence-corrected chi connectivity index (χ3v) is 6.64. The number of carbonyl (C=O) groups excluding carboxylic acids is 1. The van der Waals surface area contributed by atoms with Gasteiger partial charge in [-0.3, -0.25) is 14.9 Å². The summed E-state index contributed by atoms with van der Waals surface area (Å²) in [7, 11) is -4.38. The first-order chi connectivity index (χ1) is 17.5. The zero-order valence-corrected chi connectivity index (χ0v) is 22.0. The summed E-state index contributed by atoms with van der Waals surface area (Å²) in [5.41, 5.74) is 1.37. The molecular weight excluding hydrogens is 566 g/mol. The molecule has 1 N–H and O–H groups in total. The summed E-state index contributed by atoms with van der Waals surface area (Å²) in [6.45, 7) is 3.71. The molecule has 0 bridgehead atoms. The second kappa shape index (κ2) is 11.7. The predicted molar refractivity (Wildman–Crippen MR) is 140 cm³/mol. The van der Waals surface area contributed by atoms with E-state index in [-0.39, 0.29) is 38.7 Å². The number of halogens is 1. The maximum atomic E-state index is 12.8. The number of hydrogen-bond donors (Lipinski definition) is 1. The molecule has 12 heteroatoms. The van der Waals surface area contributed by atoms with Crippen LogP contribution in [0.15, 0.2) is 75.6 Å². The molecule has 0 saturated carbocycles. The topological polar surface area (TPSA) is 149 Å². The molecule has 0 atom stereocenters. The van der Waals surface area contributed by atoms with Crippen molar-refractivity contribution in [1.29, 1.82) is 5.26 Å². The van der Waals surface area contributed by atoms with Crippen LogP contribution >= 0.6 is 15.9 Å². The highest BCUT2D eigenvalue weighted by Gasteiger charge is 2.23. The molecule has 0 aliphatic heterocycles. The number of non-ortho nitro benzene ring substituents is 1. The lowest BCUT2D eigenvalue weighted by Crippen LogP contribution is -2.13. The first-order valence-corrected chi connectivity index (χ1v) is 12.9. The monoisotopic (exact) mass is 585 g/mol.